The highest BCUT2D eigenvalue weighted by Gasteiger charge is 2.21. The third-order valence-corrected chi connectivity index (χ3v) is 4.26. The second-order valence-corrected chi connectivity index (χ2v) is 6.27. The Kier molecular flexibility index (Phi) is 5.42. The van der Waals surface area contributed by atoms with Gasteiger partial charge in [0, 0.05) is 51.4 Å². The van der Waals surface area contributed by atoms with Gasteiger partial charge in [-0.15, -0.1) is 0 Å². The molecule has 2 fully saturated rings. The molecule has 2 saturated heterocycles. The van der Waals surface area contributed by atoms with Gasteiger partial charge in [-0.3, -0.25) is 0 Å². The Morgan fingerprint density at radius 1 is 1.00 bits per heavy atom. The molecule has 0 radical (unpaired) electrons. The molecule has 2 unspecified atom stereocenters. The number of nitrogens with one attached hydrogen (secondary N) is 1. The van der Waals surface area contributed by atoms with E-state index < -0.39 is 0 Å². The first-order valence-corrected chi connectivity index (χ1v) is 7.49. The van der Waals surface area contributed by atoms with Gasteiger partial charge in [0.1, 0.15) is 0 Å². The van der Waals surface area contributed by atoms with Crippen LogP contribution in [-0.2, 0) is 0 Å². The Morgan fingerprint density at radius 3 is 2.39 bits per heavy atom. The Labute approximate surface area is 112 Å². The summed E-state index contributed by atoms with van der Waals surface area (Å²) < 4.78 is 0. The van der Waals surface area contributed by atoms with Crippen LogP contribution in [-0.4, -0.2) is 86.7 Å². The second kappa shape index (κ2) is 6.85. The van der Waals surface area contributed by atoms with Crippen molar-refractivity contribution in [2.24, 2.45) is 0 Å². The van der Waals surface area contributed by atoms with Gasteiger partial charge in [-0.2, -0.15) is 0 Å². The lowest BCUT2D eigenvalue weighted by Crippen LogP contribution is -2.54. The third-order valence-electron chi connectivity index (χ3n) is 4.26. The SMILES string of the molecule is CC1CN(C)CC(CCCN2CCN(C)CC2)N1. The van der Waals surface area contributed by atoms with Crippen molar-refractivity contribution in [3.63, 3.8) is 0 Å². The van der Waals surface area contributed by atoms with Gasteiger partial charge in [0.2, 0.25) is 0 Å². The summed E-state index contributed by atoms with van der Waals surface area (Å²) >= 11 is 0. The lowest BCUT2D eigenvalue weighted by molar-refractivity contribution is 0.145. The van der Waals surface area contributed by atoms with Gasteiger partial charge < -0.3 is 20.0 Å². The van der Waals surface area contributed by atoms with E-state index >= 15 is 0 Å². The van der Waals surface area contributed by atoms with E-state index in [1.165, 1.54) is 58.7 Å². The van der Waals surface area contributed by atoms with E-state index in [0.717, 1.165) is 0 Å². The van der Waals surface area contributed by atoms with Crippen LogP contribution in [0.25, 0.3) is 0 Å². The Hall–Kier alpha value is -0.160. The molecule has 4 heteroatoms. The van der Waals surface area contributed by atoms with Gasteiger partial charge in [0.05, 0.1) is 0 Å². The quantitative estimate of drug-likeness (QED) is 0.779. The first-order chi connectivity index (χ1) is 8.63. The van der Waals surface area contributed by atoms with E-state index in [1.54, 1.807) is 0 Å². The molecule has 2 aliphatic rings. The van der Waals surface area contributed by atoms with Crippen molar-refractivity contribution in [2.75, 3.05) is 59.9 Å². The van der Waals surface area contributed by atoms with Gasteiger partial charge in [-0.05, 0) is 40.4 Å². The first kappa shape index (κ1) is 14.3. The summed E-state index contributed by atoms with van der Waals surface area (Å²) in [6.45, 7) is 11.0. The minimum absolute atomic E-state index is 0.650. The molecule has 4 nitrogen and oxygen atoms in total. The molecule has 18 heavy (non-hydrogen) atoms. The zero-order chi connectivity index (χ0) is 13.0. The van der Waals surface area contributed by atoms with Crippen molar-refractivity contribution in [3.8, 4) is 0 Å². The predicted octanol–water partition coefficient (Wildman–Crippen LogP) is 0.306. The Morgan fingerprint density at radius 2 is 1.72 bits per heavy atom. The summed E-state index contributed by atoms with van der Waals surface area (Å²) in [5, 5.41) is 3.72. The molecule has 2 aliphatic heterocycles. The monoisotopic (exact) mass is 254 g/mol. The predicted molar refractivity (Wildman–Crippen MR) is 77.1 cm³/mol. The molecular weight excluding hydrogens is 224 g/mol. The number of likely N-dealkylation sites (N-methyl/N-ethyl adjacent to an activating group) is 2. The zero-order valence-corrected chi connectivity index (χ0v) is 12.4. The topological polar surface area (TPSA) is 21.8 Å². The van der Waals surface area contributed by atoms with Crippen LogP contribution in [0.2, 0.25) is 0 Å². The lowest BCUT2D eigenvalue weighted by atomic mass is 10.1. The summed E-state index contributed by atoms with van der Waals surface area (Å²) in [7, 11) is 4.46. The summed E-state index contributed by atoms with van der Waals surface area (Å²) in [6, 6.07) is 1.35. The summed E-state index contributed by atoms with van der Waals surface area (Å²) in [5.74, 6) is 0. The Bertz CT molecular complexity index is 228. The van der Waals surface area contributed by atoms with Crippen molar-refractivity contribution in [1.82, 2.24) is 20.0 Å². The second-order valence-electron chi connectivity index (χ2n) is 6.27. The highest BCUT2D eigenvalue weighted by molar-refractivity contribution is 4.82. The molecule has 0 aromatic rings. The number of hydrogen-bond acceptors (Lipinski definition) is 4. The van der Waals surface area contributed by atoms with Gasteiger partial charge in [0.15, 0.2) is 0 Å². The van der Waals surface area contributed by atoms with Crippen LogP contribution in [0.4, 0.5) is 0 Å². The van der Waals surface area contributed by atoms with Crippen LogP contribution in [0.15, 0.2) is 0 Å². The number of nitrogens with zero attached hydrogens (tertiary/aromatic N) is 3. The lowest BCUT2D eigenvalue weighted by Gasteiger charge is -2.36. The molecule has 0 spiro atoms. The van der Waals surface area contributed by atoms with Gasteiger partial charge in [0.25, 0.3) is 0 Å². The summed E-state index contributed by atoms with van der Waals surface area (Å²) in [5.41, 5.74) is 0. The third kappa shape index (κ3) is 4.50. The molecule has 1 N–H and O–H groups in total. The van der Waals surface area contributed by atoms with Crippen LogP contribution in [0.5, 0.6) is 0 Å². The highest BCUT2D eigenvalue weighted by atomic mass is 15.2. The molecule has 106 valence electrons. The standard InChI is InChI=1S/C14H30N4/c1-13-11-17(3)12-14(15-13)5-4-6-18-9-7-16(2)8-10-18/h13-15H,4-12H2,1-3H3. The van der Waals surface area contributed by atoms with Crippen molar-refractivity contribution in [1.29, 1.82) is 0 Å². The number of piperazine rings is 2. The van der Waals surface area contributed by atoms with Crippen LogP contribution < -0.4 is 5.32 Å². The van der Waals surface area contributed by atoms with E-state index in [9.17, 15) is 0 Å². The number of hydrogen-bond donors (Lipinski definition) is 1. The largest absolute Gasteiger partial charge is 0.309 e. The molecule has 0 bridgehead atoms. The molecule has 2 rings (SSSR count). The van der Waals surface area contributed by atoms with Gasteiger partial charge >= 0.3 is 0 Å². The molecule has 0 saturated carbocycles. The molecule has 0 aromatic carbocycles. The Balaban J connectivity index is 1.60. The first-order valence-electron chi connectivity index (χ1n) is 7.49. The van der Waals surface area contributed by atoms with Crippen LogP contribution in [0.3, 0.4) is 0 Å². The maximum Gasteiger partial charge on any atom is 0.0198 e. The van der Waals surface area contributed by atoms with Crippen molar-refractivity contribution in [2.45, 2.75) is 31.8 Å². The van der Waals surface area contributed by atoms with Crippen LogP contribution in [0, 0.1) is 0 Å². The van der Waals surface area contributed by atoms with E-state index in [1.807, 2.05) is 0 Å². The minimum atomic E-state index is 0.650. The van der Waals surface area contributed by atoms with Crippen LogP contribution in [0.1, 0.15) is 19.8 Å². The molecule has 0 amide bonds. The summed E-state index contributed by atoms with van der Waals surface area (Å²) in [6.07, 6.45) is 2.66. The van der Waals surface area contributed by atoms with Gasteiger partial charge in [-0.25, -0.2) is 0 Å². The fraction of sp³-hybridized carbons (Fsp3) is 1.00. The molecule has 0 aliphatic carbocycles. The molecule has 0 aromatic heterocycles. The van der Waals surface area contributed by atoms with E-state index in [-0.39, 0.29) is 0 Å². The van der Waals surface area contributed by atoms with E-state index in [4.69, 9.17) is 0 Å². The minimum Gasteiger partial charge on any atom is -0.309 e. The maximum atomic E-state index is 3.72. The molecular formula is C14H30N4. The zero-order valence-electron chi connectivity index (χ0n) is 12.4. The number of rotatable bonds is 4. The van der Waals surface area contributed by atoms with E-state index in [2.05, 4.69) is 41.0 Å². The van der Waals surface area contributed by atoms with Crippen molar-refractivity contribution >= 4 is 0 Å². The molecule has 2 atom stereocenters. The normalized spacial score (nSPS) is 32.8. The van der Waals surface area contributed by atoms with Gasteiger partial charge in [-0.1, -0.05) is 0 Å². The molecule has 2 heterocycles. The van der Waals surface area contributed by atoms with Crippen molar-refractivity contribution < 1.29 is 0 Å². The fourth-order valence-corrected chi connectivity index (χ4v) is 3.23. The van der Waals surface area contributed by atoms with Crippen LogP contribution >= 0.6 is 0 Å². The average Bonchev–Trinajstić information content (AvgIpc) is 2.30. The smallest absolute Gasteiger partial charge is 0.0198 e. The maximum absolute atomic E-state index is 3.72. The summed E-state index contributed by atoms with van der Waals surface area (Å²) in [4.78, 5) is 7.51. The average molecular weight is 254 g/mol. The van der Waals surface area contributed by atoms with Crippen molar-refractivity contribution in [3.05, 3.63) is 0 Å². The fourth-order valence-electron chi connectivity index (χ4n) is 3.23. The van der Waals surface area contributed by atoms with E-state index in [0.29, 0.717) is 12.1 Å². The highest BCUT2D eigenvalue weighted by Crippen LogP contribution is 2.09.